The van der Waals surface area contributed by atoms with Gasteiger partial charge in [-0.05, 0) is 38.0 Å². The van der Waals surface area contributed by atoms with Crippen LogP contribution in [0.15, 0.2) is 24.3 Å². The van der Waals surface area contributed by atoms with Crippen LogP contribution in [0.2, 0.25) is 5.02 Å². The molecule has 1 aromatic carbocycles. The Hall–Kier alpha value is -2.55. The average Bonchev–Trinajstić information content (AvgIpc) is 3.15. The molecular weight excluding hydrogens is 397 g/mol. The number of halogens is 4. The second kappa shape index (κ2) is 8.22. The molecule has 1 aliphatic heterocycles. The number of aryl methyl sites for hydroxylation is 1. The molecule has 1 amide bonds. The molecule has 28 heavy (non-hydrogen) atoms. The molecule has 0 saturated carbocycles. The van der Waals surface area contributed by atoms with E-state index in [-0.39, 0.29) is 11.6 Å². The highest BCUT2D eigenvalue weighted by molar-refractivity contribution is 6.31. The van der Waals surface area contributed by atoms with Crippen molar-refractivity contribution < 1.29 is 22.7 Å². The molecule has 1 N–H and O–H groups in total. The van der Waals surface area contributed by atoms with Crippen LogP contribution >= 0.6 is 11.6 Å². The zero-order valence-electron chi connectivity index (χ0n) is 15.0. The number of carbonyl (C=O) groups is 1. The maximum Gasteiger partial charge on any atom is 0.417 e. The van der Waals surface area contributed by atoms with Crippen LogP contribution in [0.4, 0.5) is 24.8 Å². The molecule has 1 saturated heterocycles. The molecule has 150 valence electrons. The van der Waals surface area contributed by atoms with Crippen LogP contribution < -0.4 is 15.0 Å². The van der Waals surface area contributed by atoms with Crippen molar-refractivity contribution in [1.29, 1.82) is 0 Å². The summed E-state index contributed by atoms with van der Waals surface area (Å²) in [5, 5.41) is 1.92. The van der Waals surface area contributed by atoms with Gasteiger partial charge in [-0.15, -0.1) is 0 Å². The molecule has 3 rings (SSSR count). The van der Waals surface area contributed by atoms with E-state index in [1.165, 1.54) is 6.07 Å². The lowest BCUT2D eigenvalue weighted by atomic mass is 10.2. The van der Waals surface area contributed by atoms with Gasteiger partial charge in [-0.2, -0.15) is 18.2 Å². The summed E-state index contributed by atoms with van der Waals surface area (Å²) >= 11 is 5.57. The predicted molar refractivity (Wildman–Crippen MR) is 98.8 cm³/mol. The summed E-state index contributed by atoms with van der Waals surface area (Å²) in [5.74, 6) is 0.159. The second-order valence-corrected chi connectivity index (χ2v) is 6.78. The largest absolute Gasteiger partial charge is 0.467 e. The molecule has 0 spiro atoms. The molecule has 0 radical (unpaired) electrons. The summed E-state index contributed by atoms with van der Waals surface area (Å²) in [6, 6.07) is 4.74. The molecule has 0 bridgehead atoms. The van der Waals surface area contributed by atoms with E-state index in [1.807, 2.05) is 4.90 Å². The molecule has 2 aromatic rings. The number of ether oxygens (including phenoxy) is 1. The number of anilines is 2. The van der Waals surface area contributed by atoms with Crippen molar-refractivity contribution in [2.75, 3.05) is 29.9 Å². The first-order chi connectivity index (χ1) is 13.2. The van der Waals surface area contributed by atoms with Crippen molar-refractivity contribution in [3.63, 3.8) is 0 Å². The van der Waals surface area contributed by atoms with E-state index >= 15 is 0 Å². The fourth-order valence-electron chi connectivity index (χ4n) is 2.81. The van der Waals surface area contributed by atoms with Crippen molar-refractivity contribution in [1.82, 2.24) is 9.97 Å². The minimum atomic E-state index is -4.61. The molecule has 10 heteroatoms. The van der Waals surface area contributed by atoms with Gasteiger partial charge in [0.05, 0.1) is 10.6 Å². The average molecular weight is 415 g/mol. The summed E-state index contributed by atoms with van der Waals surface area (Å²) in [7, 11) is 0. The van der Waals surface area contributed by atoms with Gasteiger partial charge in [0.1, 0.15) is 0 Å². The Morgan fingerprint density at radius 3 is 2.64 bits per heavy atom. The number of nitrogens with one attached hydrogen (secondary N) is 1. The number of aromatic nitrogens is 2. The number of alkyl halides is 3. The van der Waals surface area contributed by atoms with Gasteiger partial charge in [-0.1, -0.05) is 11.6 Å². The minimum absolute atomic E-state index is 0.0260. The van der Waals surface area contributed by atoms with Crippen LogP contribution in [0, 0.1) is 6.92 Å². The maximum atomic E-state index is 12.9. The smallest absolute Gasteiger partial charge is 0.417 e. The van der Waals surface area contributed by atoms with Crippen molar-refractivity contribution in [2.24, 2.45) is 0 Å². The molecule has 0 aliphatic carbocycles. The Labute approximate surface area is 164 Å². The number of amides is 1. The predicted octanol–water partition coefficient (Wildman–Crippen LogP) is 4.07. The zero-order valence-corrected chi connectivity index (χ0v) is 15.8. The Morgan fingerprint density at radius 1 is 1.25 bits per heavy atom. The van der Waals surface area contributed by atoms with E-state index in [1.54, 1.807) is 13.0 Å². The highest BCUT2D eigenvalue weighted by Gasteiger charge is 2.33. The molecule has 2 heterocycles. The van der Waals surface area contributed by atoms with Crippen molar-refractivity contribution in [3.05, 3.63) is 40.5 Å². The first-order valence-corrected chi connectivity index (χ1v) is 9.00. The third-order valence-electron chi connectivity index (χ3n) is 4.11. The van der Waals surface area contributed by atoms with Crippen LogP contribution in [-0.4, -0.2) is 35.6 Å². The number of benzene rings is 1. The third-order valence-corrected chi connectivity index (χ3v) is 4.44. The van der Waals surface area contributed by atoms with Crippen LogP contribution in [0.5, 0.6) is 5.88 Å². The van der Waals surface area contributed by atoms with Gasteiger partial charge in [-0.3, -0.25) is 4.79 Å². The van der Waals surface area contributed by atoms with Gasteiger partial charge in [0.15, 0.2) is 6.61 Å². The molecule has 1 fully saturated rings. The van der Waals surface area contributed by atoms with Gasteiger partial charge in [0, 0.05) is 30.5 Å². The summed E-state index contributed by atoms with van der Waals surface area (Å²) in [4.78, 5) is 22.8. The Balaban J connectivity index is 1.63. The molecular formula is C18H18ClF3N4O2. The minimum Gasteiger partial charge on any atom is -0.467 e. The Kier molecular flexibility index (Phi) is 5.93. The SMILES string of the molecule is Cc1cc(OCC(=O)Nc2ccc(Cl)c(C(F)(F)F)c2)nc(N2CCCC2)n1. The molecule has 1 aromatic heterocycles. The number of hydrogen-bond acceptors (Lipinski definition) is 5. The number of carbonyl (C=O) groups excluding carboxylic acids is 1. The van der Waals surface area contributed by atoms with Gasteiger partial charge in [-0.25, -0.2) is 4.98 Å². The number of hydrogen-bond donors (Lipinski definition) is 1. The summed E-state index contributed by atoms with van der Waals surface area (Å²) in [6.07, 6.45) is -2.48. The van der Waals surface area contributed by atoms with E-state index < -0.39 is 29.3 Å². The number of nitrogens with zero attached hydrogens (tertiary/aromatic N) is 3. The van der Waals surface area contributed by atoms with Crippen LogP contribution in [-0.2, 0) is 11.0 Å². The van der Waals surface area contributed by atoms with Gasteiger partial charge in [0.2, 0.25) is 11.8 Å². The Bertz CT molecular complexity index is 870. The van der Waals surface area contributed by atoms with E-state index in [0.717, 1.165) is 38.1 Å². The first-order valence-electron chi connectivity index (χ1n) is 8.62. The summed E-state index contributed by atoms with van der Waals surface area (Å²) < 4.78 is 44.1. The third kappa shape index (κ3) is 5.03. The van der Waals surface area contributed by atoms with Gasteiger partial charge in [0.25, 0.3) is 5.91 Å². The van der Waals surface area contributed by atoms with Crippen molar-refractivity contribution in [3.8, 4) is 5.88 Å². The monoisotopic (exact) mass is 414 g/mol. The zero-order chi connectivity index (χ0) is 20.3. The lowest BCUT2D eigenvalue weighted by Crippen LogP contribution is -2.23. The van der Waals surface area contributed by atoms with Gasteiger partial charge < -0.3 is 15.0 Å². The molecule has 1 aliphatic rings. The van der Waals surface area contributed by atoms with Crippen LogP contribution in [0.1, 0.15) is 24.1 Å². The van der Waals surface area contributed by atoms with E-state index in [0.29, 0.717) is 11.6 Å². The first kappa shape index (κ1) is 20.2. The van der Waals surface area contributed by atoms with E-state index in [2.05, 4.69) is 15.3 Å². The van der Waals surface area contributed by atoms with Crippen LogP contribution in [0.25, 0.3) is 0 Å². The summed E-state index contributed by atoms with van der Waals surface area (Å²) in [6.45, 7) is 3.11. The Morgan fingerprint density at radius 2 is 1.96 bits per heavy atom. The molecule has 0 unspecified atom stereocenters. The highest BCUT2D eigenvalue weighted by atomic mass is 35.5. The van der Waals surface area contributed by atoms with E-state index in [4.69, 9.17) is 16.3 Å². The highest BCUT2D eigenvalue weighted by Crippen LogP contribution is 2.36. The normalized spacial score (nSPS) is 14.2. The topological polar surface area (TPSA) is 67.3 Å². The standard InChI is InChI=1S/C18H18ClF3N4O2/c1-11-8-16(25-17(23-11)26-6-2-3-7-26)28-10-15(27)24-12-4-5-14(19)13(9-12)18(20,21)22/h4-5,8-9H,2-3,6-7,10H2,1H3,(H,24,27). The maximum absolute atomic E-state index is 12.9. The van der Waals surface area contributed by atoms with E-state index in [9.17, 15) is 18.0 Å². The fraction of sp³-hybridized carbons (Fsp3) is 0.389. The van der Waals surface area contributed by atoms with Crippen LogP contribution in [0.3, 0.4) is 0 Å². The molecule has 0 atom stereocenters. The number of rotatable bonds is 5. The van der Waals surface area contributed by atoms with Crippen molar-refractivity contribution in [2.45, 2.75) is 25.9 Å². The summed E-state index contributed by atoms with van der Waals surface area (Å²) in [5.41, 5.74) is -0.351. The second-order valence-electron chi connectivity index (χ2n) is 6.37. The lowest BCUT2D eigenvalue weighted by Gasteiger charge is -2.16. The fourth-order valence-corrected chi connectivity index (χ4v) is 3.04. The lowest BCUT2D eigenvalue weighted by molar-refractivity contribution is -0.137. The molecule has 6 nitrogen and oxygen atoms in total. The van der Waals surface area contributed by atoms with Gasteiger partial charge >= 0.3 is 6.18 Å². The quantitative estimate of drug-likeness (QED) is 0.798. The van der Waals surface area contributed by atoms with Crippen molar-refractivity contribution >= 4 is 29.1 Å².